The Balaban J connectivity index is 1.92. The van der Waals surface area contributed by atoms with Crippen LogP contribution in [0.1, 0.15) is 36.5 Å². The average Bonchev–Trinajstić information content (AvgIpc) is 3.29. The van der Waals surface area contributed by atoms with Gasteiger partial charge in [0.1, 0.15) is 0 Å². The van der Waals surface area contributed by atoms with E-state index in [9.17, 15) is 4.79 Å². The smallest absolute Gasteiger partial charge is 0.255 e. The van der Waals surface area contributed by atoms with Crippen LogP contribution >= 0.6 is 0 Å². The van der Waals surface area contributed by atoms with Crippen molar-refractivity contribution < 1.29 is 4.79 Å². The fraction of sp³-hybridized carbons (Fsp3) is 0.389. The predicted octanol–water partition coefficient (Wildman–Crippen LogP) is 3.68. The number of carbonyl (C=O) groups is 1. The third-order valence-electron chi connectivity index (χ3n) is 4.10. The van der Waals surface area contributed by atoms with Crippen LogP contribution in [0.2, 0.25) is 0 Å². The van der Waals surface area contributed by atoms with Gasteiger partial charge in [-0.3, -0.25) is 4.79 Å². The maximum absolute atomic E-state index is 12.8. The summed E-state index contributed by atoms with van der Waals surface area (Å²) in [6, 6.07) is 11.9. The van der Waals surface area contributed by atoms with E-state index in [4.69, 9.17) is 5.73 Å². The van der Waals surface area contributed by atoms with Crippen molar-refractivity contribution in [2.24, 2.45) is 5.92 Å². The number of hydrogen-bond donors (Lipinski definition) is 1. The van der Waals surface area contributed by atoms with Crippen LogP contribution in [0.15, 0.2) is 36.4 Å². The molecule has 2 aromatic rings. The van der Waals surface area contributed by atoms with E-state index >= 15 is 0 Å². The van der Waals surface area contributed by atoms with E-state index in [2.05, 4.69) is 6.92 Å². The van der Waals surface area contributed by atoms with Gasteiger partial charge >= 0.3 is 0 Å². The first-order chi connectivity index (χ1) is 10.2. The van der Waals surface area contributed by atoms with Crippen LogP contribution in [-0.4, -0.2) is 23.9 Å². The highest BCUT2D eigenvalue weighted by molar-refractivity contribution is 6.03. The number of carbonyl (C=O) groups excluding carboxylic acids is 1. The predicted molar refractivity (Wildman–Crippen MR) is 87.3 cm³/mol. The molecule has 1 aliphatic carbocycles. The van der Waals surface area contributed by atoms with Crippen molar-refractivity contribution in [3.05, 3.63) is 42.0 Å². The zero-order chi connectivity index (χ0) is 14.8. The molecular formula is C18H22N2O. The first-order valence-corrected chi connectivity index (χ1v) is 7.76. The minimum absolute atomic E-state index is 0.0759. The van der Waals surface area contributed by atoms with E-state index in [1.54, 1.807) is 0 Å². The molecule has 3 heteroatoms. The van der Waals surface area contributed by atoms with Crippen molar-refractivity contribution in [2.45, 2.75) is 26.2 Å². The molecule has 0 radical (unpaired) electrons. The monoisotopic (exact) mass is 282 g/mol. The van der Waals surface area contributed by atoms with Crippen LogP contribution in [0.4, 0.5) is 5.69 Å². The van der Waals surface area contributed by atoms with Crippen molar-refractivity contribution in [3.63, 3.8) is 0 Å². The molecule has 1 saturated carbocycles. The topological polar surface area (TPSA) is 46.3 Å². The van der Waals surface area contributed by atoms with E-state index in [0.29, 0.717) is 17.2 Å². The van der Waals surface area contributed by atoms with Crippen LogP contribution in [0.3, 0.4) is 0 Å². The van der Waals surface area contributed by atoms with Crippen molar-refractivity contribution in [1.29, 1.82) is 0 Å². The highest BCUT2D eigenvalue weighted by Crippen LogP contribution is 2.31. The summed E-state index contributed by atoms with van der Waals surface area (Å²) in [7, 11) is 0. The second-order valence-corrected chi connectivity index (χ2v) is 5.98. The summed E-state index contributed by atoms with van der Waals surface area (Å²) >= 11 is 0. The van der Waals surface area contributed by atoms with Crippen LogP contribution in [0, 0.1) is 5.92 Å². The van der Waals surface area contributed by atoms with Gasteiger partial charge < -0.3 is 10.6 Å². The number of nitrogens with zero attached hydrogens (tertiary/aromatic N) is 1. The standard InChI is InChI=1S/C18H22N2O/c1-2-9-20(12-13-7-8-13)18(21)16-10-14-5-3-4-6-15(14)11-17(16)19/h3-6,10-11,13H,2,7-9,12,19H2,1H3. The molecule has 110 valence electrons. The fourth-order valence-electron chi connectivity index (χ4n) is 2.77. The average molecular weight is 282 g/mol. The summed E-state index contributed by atoms with van der Waals surface area (Å²) in [5.74, 6) is 0.772. The molecule has 2 N–H and O–H groups in total. The quantitative estimate of drug-likeness (QED) is 0.850. The molecule has 0 saturated heterocycles. The van der Waals surface area contributed by atoms with Gasteiger partial charge in [0, 0.05) is 18.8 Å². The van der Waals surface area contributed by atoms with E-state index < -0.39 is 0 Å². The largest absolute Gasteiger partial charge is 0.398 e. The van der Waals surface area contributed by atoms with Crippen LogP contribution in [-0.2, 0) is 0 Å². The molecular weight excluding hydrogens is 260 g/mol. The van der Waals surface area contributed by atoms with Gasteiger partial charge in [-0.15, -0.1) is 0 Å². The molecule has 3 rings (SSSR count). The molecule has 0 aliphatic heterocycles. The van der Waals surface area contributed by atoms with Crippen molar-refractivity contribution in [1.82, 2.24) is 4.90 Å². The van der Waals surface area contributed by atoms with Crippen molar-refractivity contribution >= 4 is 22.4 Å². The van der Waals surface area contributed by atoms with Gasteiger partial charge in [0.15, 0.2) is 0 Å². The van der Waals surface area contributed by atoms with Crippen LogP contribution in [0.5, 0.6) is 0 Å². The summed E-state index contributed by atoms with van der Waals surface area (Å²) in [6.07, 6.45) is 3.48. The molecule has 21 heavy (non-hydrogen) atoms. The van der Waals surface area contributed by atoms with Gasteiger partial charge in [-0.05, 0) is 48.1 Å². The minimum atomic E-state index is 0.0759. The number of amides is 1. The summed E-state index contributed by atoms with van der Waals surface area (Å²) < 4.78 is 0. The zero-order valence-corrected chi connectivity index (χ0v) is 12.5. The zero-order valence-electron chi connectivity index (χ0n) is 12.5. The number of nitrogen functional groups attached to an aromatic ring is 1. The first-order valence-electron chi connectivity index (χ1n) is 7.76. The molecule has 3 nitrogen and oxygen atoms in total. The Morgan fingerprint density at radius 1 is 1.24 bits per heavy atom. The number of rotatable bonds is 5. The van der Waals surface area contributed by atoms with Gasteiger partial charge in [-0.2, -0.15) is 0 Å². The Bertz CT molecular complexity index is 661. The van der Waals surface area contributed by atoms with Gasteiger partial charge in [0.25, 0.3) is 5.91 Å². The summed E-state index contributed by atoms with van der Waals surface area (Å²) in [6.45, 7) is 3.79. The second kappa shape index (κ2) is 5.76. The maximum atomic E-state index is 12.8. The molecule has 1 amide bonds. The fourth-order valence-corrected chi connectivity index (χ4v) is 2.77. The van der Waals surface area contributed by atoms with E-state index in [1.165, 1.54) is 12.8 Å². The van der Waals surface area contributed by atoms with E-state index in [-0.39, 0.29) is 5.91 Å². The lowest BCUT2D eigenvalue weighted by atomic mass is 10.0. The third-order valence-corrected chi connectivity index (χ3v) is 4.10. The number of hydrogen-bond acceptors (Lipinski definition) is 2. The molecule has 1 aliphatic rings. The molecule has 0 atom stereocenters. The molecule has 0 heterocycles. The lowest BCUT2D eigenvalue weighted by Gasteiger charge is -2.23. The number of benzene rings is 2. The summed E-state index contributed by atoms with van der Waals surface area (Å²) in [4.78, 5) is 14.8. The van der Waals surface area contributed by atoms with Gasteiger partial charge in [-0.1, -0.05) is 31.2 Å². The van der Waals surface area contributed by atoms with E-state index in [1.807, 2.05) is 41.3 Å². The summed E-state index contributed by atoms with van der Waals surface area (Å²) in [5.41, 5.74) is 7.34. The Morgan fingerprint density at radius 2 is 1.90 bits per heavy atom. The maximum Gasteiger partial charge on any atom is 0.255 e. The van der Waals surface area contributed by atoms with Crippen LogP contribution in [0.25, 0.3) is 10.8 Å². The highest BCUT2D eigenvalue weighted by Gasteiger charge is 2.27. The van der Waals surface area contributed by atoms with Gasteiger partial charge in [0.2, 0.25) is 0 Å². The normalized spacial score (nSPS) is 14.3. The molecule has 2 aromatic carbocycles. The van der Waals surface area contributed by atoms with E-state index in [0.717, 1.165) is 30.3 Å². The molecule has 0 unspecified atom stereocenters. The Labute approximate surface area is 125 Å². The first kappa shape index (κ1) is 13.9. The van der Waals surface area contributed by atoms with Crippen LogP contribution < -0.4 is 5.73 Å². The highest BCUT2D eigenvalue weighted by atomic mass is 16.2. The Morgan fingerprint density at radius 3 is 2.52 bits per heavy atom. The molecule has 0 spiro atoms. The van der Waals surface area contributed by atoms with Crippen molar-refractivity contribution in [2.75, 3.05) is 18.8 Å². The lowest BCUT2D eigenvalue weighted by molar-refractivity contribution is 0.0749. The Hall–Kier alpha value is -2.03. The Kier molecular flexibility index (Phi) is 3.82. The molecule has 0 bridgehead atoms. The summed E-state index contributed by atoms with van der Waals surface area (Å²) in [5, 5.41) is 2.15. The lowest BCUT2D eigenvalue weighted by Crippen LogP contribution is -2.34. The molecule has 0 aromatic heterocycles. The van der Waals surface area contributed by atoms with Crippen molar-refractivity contribution in [3.8, 4) is 0 Å². The number of nitrogens with two attached hydrogens (primary N) is 1. The number of fused-ring (bicyclic) bond motifs is 1. The van der Waals surface area contributed by atoms with Gasteiger partial charge in [0.05, 0.1) is 5.56 Å². The third kappa shape index (κ3) is 3.02. The SMILES string of the molecule is CCCN(CC1CC1)C(=O)c1cc2ccccc2cc1N. The molecule has 1 fully saturated rings. The second-order valence-electron chi connectivity index (χ2n) is 5.98. The minimum Gasteiger partial charge on any atom is -0.398 e. The number of anilines is 1. The van der Waals surface area contributed by atoms with Gasteiger partial charge in [-0.25, -0.2) is 0 Å².